The number of fused-ring (bicyclic) bond motifs is 1. The van der Waals surface area contributed by atoms with Crippen LogP contribution in [0.3, 0.4) is 0 Å². The summed E-state index contributed by atoms with van der Waals surface area (Å²) in [5.74, 6) is 0. The summed E-state index contributed by atoms with van der Waals surface area (Å²) in [6, 6.07) is 8.22. The standard InChI is InChI=1S/C11H12N2/c1-8(12)10-4-2-3-9-5-6-13-7-11(9)10/h2-8H,12H2,1H3/t8-/m0/s1. The zero-order chi connectivity index (χ0) is 9.26. The van der Waals surface area contributed by atoms with Gasteiger partial charge >= 0.3 is 0 Å². The molecule has 0 saturated carbocycles. The molecule has 0 bridgehead atoms. The molecule has 0 aliphatic carbocycles. The highest BCUT2D eigenvalue weighted by atomic mass is 14.6. The Morgan fingerprint density at radius 2 is 2.15 bits per heavy atom. The van der Waals surface area contributed by atoms with Crippen LogP contribution in [0.4, 0.5) is 0 Å². The fraction of sp³-hybridized carbons (Fsp3) is 0.182. The number of nitrogens with zero attached hydrogens (tertiary/aromatic N) is 1. The lowest BCUT2D eigenvalue weighted by Gasteiger charge is -2.08. The summed E-state index contributed by atoms with van der Waals surface area (Å²) < 4.78 is 0. The fourth-order valence-electron chi connectivity index (χ4n) is 1.53. The highest BCUT2D eigenvalue weighted by Crippen LogP contribution is 2.21. The molecule has 2 aromatic rings. The smallest absolute Gasteiger partial charge is 0.0349 e. The van der Waals surface area contributed by atoms with Crippen LogP contribution in [0.5, 0.6) is 0 Å². The van der Waals surface area contributed by atoms with Crippen LogP contribution in [0.15, 0.2) is 36.7 Å². The van der Waals surface area contributed by atoms with Crippen LogP contribution in [0.2, 0.25) is 0 Å². The van der Waals surface area contributed by atoms with Gasteiger partial charge in [-0.3, -0.25) is 4.98 Å². The monoisotopic (exact) mass is 172 g/mol. The van der Waals surface area contributed by atoms with Crippen molar-refractivity contribution < 1.29 is 0 Å². The zero-order valence-corrected chi connectivity index (χ0v) is 7.57. The van der Waals surface area contributed by atoms with Gasteiger partial charge in [0.05, 0.1) is 0 Å². The molecular formula is C11H12N2. The molecule has 1 aromatic carbocycles. The molecule has 0 aliphatic rings. The van der Waals surface area contributed by atoms with Gasteiger partial charge in [-0.25, -0.2) is 0 Å². The van der Waals surface area contributed by atoms with Gasteiger partial charge < -0.3 is 5.73 Å². The Labute approximate surface area is 77.4 Å². The van der Waals surface area contributed by atoms with Crippen LogP contribution in [0, 0.1) is 0 Å². The van der Waals surface area contributed by atoms with Gasteiger partial charge in [0, 0.05) is 23.8 Å². The van der Waals surface area contributed by atoms with E-state index in [0.29, 0.717) is 0 Å². The maximum absolute atomic E-state index is 5.85. The molecule has 2 heteroatoms. The molecule has 13 heavy (non-hydrogen) atoms. The first kappa shape index (κ1) is 8.20. The first-order valence-electron chi connectivity index (χ1n) is 4.37. The maximum Gasteiger partial charge on any atom is 0.0349 e. The summed E-state index contributed by atoms with van der Waals surface area (Å²) in [5.41, 5.74) is 7.01. The molecule has 0 amide bonds. The third-order valence-electron chi connectivity index (χ3n) is 2.21. The van der Waals surface area contributed by atoms with Crippen molar-refractivity contribution >= 4 is 10.8 Å². The summed E-state index contributed by atoms with van der Waals surface area (Å²) in [7, 11) is 0. The van der Waals surface area contributed by atoms with E-state index in [1.807, 2.05) is 25.3 Å². The molecule has 0 saturated heterocycles. The normalized spacial score (nSPS) is 13.1. The topological polar surface area (TPSA) is 38.9 Å². The van der Waals surface area contributed by atoms with E-state index in [4.69, 9.17) is 5.73 Å². The molecule has 1 heterocycles. The zero-order valence-electron chi connectivity index (χ0n) is 7.57. The SMILES string of the molecule is C[C@H](N)c1cccc2ccncc12. The Hall–Kier alpha value is -1.41. The molecular weight excluding hydrogens is 160 g/mol. The van der Waals surface area contributed by atoms with Crippen molar-refractivity contribution in [1.82, 2.24) is 4.98 Å². The molecule has 0 aliphatic heterocycles. The van der Waals surface area contributed by atoms with E-state index in [1.54, 1.807) is 6.20 Å². The van der Waals surface area contributed by atoms with Crippen LogP contribution in [0.1, 0.15) is 18.5 Å². The largest absolute Gasteiger partial charge is 0.324 e. The van der Waals surface area contributed by atoms with Gasteiger partial charge in [0.25, 0.3) is 0 Å². The molecule has 1 atom stereocenters. The Morgan fingerprint density at radius 3 is 2.92 bits per heavy atom. The van der Waals surface area contributed by atoms with Crippen LogP contribution in [0.25, 0.3) is 10.8 Å². The first-order chi connectivity index (χ1) is 6.29. The van der Waals surface area contributed by atoms with E-state index in [9.17, 15) is 0 Å². The summed E-state index contributed by atoms with van der Waals surface area (Å²) in [4.78, 5) is 4.10. The molecule has 0 radical (unpaired) electrons. The Kier molecular flexibility index (Phi) is 1.99. The minimum absolute atomic E-state index is 0.0629. The van der Waals surface area contributed by atoms with Crippen molar-refractivity contribution in [2.24, 2.45) is 5.73 Å². The van der Waals surface area contributed by atoms with Gasteiger partial charge in [0.15, 0.2) is 0 Å². The molecule has 0 spiro atoms. The van der Waals surface area contributed by atoms with E-state index in [2.05, 4.69) is 17.1 Å². The van der Waals surface area contributed by atoms with Crippen molar-refractivity contribution in [1.29, 1.82) is 0 Å². The van der Waals surface area contributed by atoms with Crippen molar-refractivity contribution in [3.63, 3.8) is 0 Å². The number of rotatable bonds is 1. The average Bonchev–Trinajstić information content (AvgIpc) is 2.17. The summed E-state index contributed by atoms with van der Waals surface area (Å²) >= 11 is 0. The molecule has 0 unspecified atom stereocenters. The first-order valence-corrected chi connectivity index (χ1v) is 4.37. The molecule has 0 fully saturated rings. The van der Waals surface area contributed by atoms with Gasteiger partial charge in [0.2, 0.25) is 0 Å². The molecule has 1 aromatic heterocycles. The predicted molar refractivity (Wildman–Crippen MR) is 54.3 cm³/mol. The van der Waals surface area contributed by atoms with E-state index < -0.39 is 0 Å². The van der Waals surface area contributed by atoms with Crippen molar-refractivity contribution in [2.45, 2.75) is 13.0 Å². The number of hydrogen-bond acceptors (Lipinski definition) is 2. The third kappa shape index (κ3) is 1.40. The van der Waals surface area contributed by atoms with Gasteiger partial charge in [-0.2, -0.15) is 0 Å². The minimum atomic E-state index is 0.0629. The molecule has 2 nitrogen and oxygen atoms in total. The summed E-state index contributed by atoms with van der Waals surface area (Å²) in [5, 5.41) is 2.35. The number of nitrogens with two attached hydrogens (primary N) is 1. The summed E-state index contributed by atoms with van der Waals surface area (Å²) in [6.07, 6.45) is 3.67. The quantitative estimate of drug-likeness (QED) is 0.716. The van der Waals surface area contributed by atoms with Gasteiger partial charge in [-0.1, -0.05) is 18.2 Å². The molecule has 2 N–H and O–H groups in total. The second-order valence-electron chi connectivity index (χ2n) is 3.23. The highest BCUT2D eigenvalue weighted by molar-refractivity contribution is 5.85. The Morgan fingerprint density at radius 1 is 1.31 bits per heavy atom. The van der Waals surface area contributed by atoms with Gasteiger partial charge in [-0.15, -0.1) is 0 Å². The predicted octanol–water partition coefficient (Wildman–Crippen LogP) is 2.25. The maximum atomic E-state index is 5.85. The molecule has 66 valence electrons. The van der Waals surface area contributed by atoms with Gasteiger partial charge in [-0.05, 0) is 23.9 Å². The lowest BCUT2D eigenvalue weighted by atomic mass is 10.0. The second kappa shape index (κ2) is 3.15. The third-order valence-corrected chi connectivity index (χ3v) is 2.21. The van der Waals surface area contributed by atoms with Crippen molar-refractivity contribution in [2.75, 3.05) is 0 Å². The molecule has 2 rings (SSSR count). The number of aromatic nitrogens is 1. The Bertz CT molecular complexity index is 416. The Balaban J connectivity index is 2.76. The van der Waals surface area contributed by atoms with Crippen LogP contribution < -0.4 is 5.73 Å². The van der Waals surface area contributed by atoms with Crippen LogP contribution in [-0.2, 0) is 0 Å². The highest BCUT2D eigenvalue weighted by Gasteiger charge is 2.03. The van der Waals surface area contributed by atoms with E-state index in [0.717, 1.165) is 10.9 Å². The number of hydrogen-bond donors (Lipinski definition) is 1. The lowest BCUT2D eigenvalue weighted by Crippen LogP contribution is -2.05. The van der Waals surface area contributed by atoms with Crippen LogP contribution >= 0.6 is 0 Å². The van der Waals surface area contributed by atoms with Crippen molar-refractivity contribution in [3.05, 3.63) is 42.2 Å². The number of pyridine rings is 1. The van der Waals surface area contributed by atoms with E-state index >= 15 is 0 Å². The second-order valence-corrected chi connectivity index (χ2v) is 3.23. The lowest BCUT2D eigenvalue weighted by molar-refractivity contribution is 0.826. The summed E-state index contributed by atoms with van der Waals surface area (Å²) in [6.45, 7) is 1.99. The van der Waals surface area contributed by atoms with Crippen LogP contribution in [-0.4, -0.2) is 4.98 Å². The average molecular weight is 172 g/mol. The minimum Gasteiger partial charge on any atom is -0.324 e. The van der Waals surface area contributed by atoms with E-state index in [1.165, 1.54) is 5.39 Å². The van der Waals surface area contributed by atoms with Crippen molar-refractivity contribution in [3.8, 4) is 0 Å². The fourth-order valence-corrected chi connectivity index (χ4v) is 1.53. The van der Waals surface area contributed by atoms with E-state index in [-0.39, 0.29) is 6.04 Å². The van der Waals surface area contributed by atoms with Gasteiger partial charge in [0.1, 0.15) is 0 Å². The number of benzene rings is 1.